The van der Waals surface area contributed by atoms with E-state index >= 15 is 0 Å². The number of halogens is 1. The zero-order chi connectivity index (χ0) is 13.8. The fraction of sp³-hybridized carbons (Fsp3) is 0.250. The molecule has 2 aromatic rings. The van der Waals surface area contributed by atoms with Crippen LogP contribution in [0, 0.1) is 0 Å². The Bertz CT molecular complexity index is 600. The summed E-state index contributed by atoms with van der Waals surface area (Å²) >= 11 is 4.87. The Labute approximate surface area is 123 Å². The maximum Gasteiger partial charge on any atom is 0.304 e. The maximum absolute atomic E-state index is 10.5. The van der Waals surface area contributed by atoms with E-state index in [9.17, 15) is 4.79 Å². The van der Waals surface area contributed by atoms with Gasteiger partial charge in [-0.3, -0.25) is 4.79 Å². The zero-order valence-electron chi connectivity index (χ0n) is 10.2. The first-order valence-corrected chi connectivity index (χ1v) is 7.36. The molecule has 0 radical (unpaired) electrons. The molecule has 0 unspecified atom stereocenters. The molecule has 19 heavy (non-hydrogen) atoms. The summed E-state index contributed by atoms with van der Waals surface area (Å²) in [5.41, 5.74) is 0.961. The van der Waals surface area contributed by atoms with Gasteiger partial charge in [0.25, 0.3) is 0 Å². The van der Waals surface area contributed by atoms with Gasteiger partial charge in [0.05, 0.1) is 6.42 Å². The van der Waals surface area contributed by atoms with Gasteiger partial charge in [-0.05, 0) is 6.07 Å². The van der Waals surface area contributed by atoms with Crippen molar-refractivity contribution in [3.63, 3.8) is 0 Å². The highest BCUT2D eigenvalue weighted by Gasteiger charge is 2.13. The predicted octanol–water partition coefficient (Wildman–Crippen LogP) is 2.81. The fourth-order valence-corrected chi connectivity index (χ4v) is 2.85. The molecule has 0 saturated carbocycles. The number of benzene rings is 1. The molecule has 0 fully saturated rings. The molecule has 0 spiro atoms. The van der Waals surface area contributed by atoms with Crippen LogP contribution in [0.3, 0.4) is 0 Å². The SMILES string of the molecule is Cn1c(SCCC(=O)O)nnc1-c1ccccc1Br. The summed E-state index contributed by atoms with van der Waals surface area (Å²) < 4.78 is 2.82. The van der Waals surface area contributed by atoms with Crippen molar-refractivity contribution in [3.8, 4) is 11.4 Å². The van der Waals surface area contributed by atoms with Crippen LogP contribution < -0.4 is 0 Å². The van der Waals surface area contributed by atoms with Crippen LogP contribution in [-0.2, 0) is 11.8 Å². The van der Waals surface area contributed by atoms with Gasteiger partial charge in [-0.15, -0.1) is 10.2 Å². The molecule has 0 aliphatic rings. The summed E-state index contributed by atoms with van der Waals surface area (Å²) in [5.74, 6) is 0.433. The summed E-state index contributed by atoms with van der Waals surface area (Å²) in [4.78, 5) is 10.5. The van der Waals surface area contributed by atoms with Gasteiger partial charge in [0, 0.05) is 22.8 Å². The Morgan fingerprint density at radius 2 is 2.16 bits per heavy atom. The number of aromatic nitrogens is 3. The van der Waals surface area contributed by atoms with Gasteiger partial charge in [0.15, 0.2) is 11.0 Å². The molecule has 100 valence electrons. The largest absolute Gasteiger partial charge is 0.481 e. The first-order chi connectivity index (χ1) is 9.09. The van der Waals surface area contributed by atoms with Crippen LogP contribution in [-0.4, -0.2) is 31.6 Å². The third kappa shape index (κ3) is 3.36. The molecule has 5 nitrogen and oxygen atoms in total. The summed E-state index contributed by atoms with van der Waals surface area (Å²) in [6.07, 6.45) is 0.113. The van der Waals surface area contributed by atoms with Crippen LogP contribution in [0.1, 0.15) is 6.42 Å². The van der Waals surface area contributed by atoms with Crippen molar-refractivity contribution in [1.82, 2.24) is 14.8 Å². The van der Waals surface area contributed by atoms with Crippen molar-refractivity contribution in [2.75, 3.05) is 5.75 Å². The van der Waals surface area contributed by atoms with Crippen molar-refractivity contribution in [2.45, 2.75) is 11.6 Å². The van der Waals surface area contributed by atoms with Crippen LogP contribution in [0.25, 0.3) is 11.4 Å². The summed E-state index contributed by atoms with van der Waals surface area (Å²) in [6.45, 7) is 0. The molecular weight excluding hydrogens is 330 g/mol. The zero-order valence-corrected chi connectivity index (χ0v) is 12.6. The maximum atomic E-state index is 10.5. The van der Waals surface area contributed by atoms with Gasteiger partial charge in [0.2, 0.25) is 0 Å². The van der Waals surface area contributed by atoms with E-state index < -0.39 is 5.97 Å². The van der Waals surface area contributed by atoms with Crippen molar-refractivity contribution >= 4 is 33.7 Å². The Morgan fingerprint density at radius 3 is 2.84 bits per heavy atom. The van der Waals surface area contributed by atoms with E-state index in [2.05, 4.69) is 26.1 Å². The average molecular weight is 342 g/mol. The van der Waals surface area contributed by atoms with E-state index in [0.717, 1.165) is 15.9 Å². The molecule has 7 heteroatoms. The fourth-order valence-electron chi connectivity index (χ4n) is 1.55. The van der Waals surface area contributed by atoms with Crippen molar-refractivity contribution < 1.29 is 9.90 Å². The van der Waals surface area contributed by atoms with E-state index in [1.165, 1.54) is 11.8 Å². The molecule has 1 N–H and O–H groups in total. The number of hydrogen-bond donors (Lipinski definition) is 1. The number of thioether (sulfide) groups is 1. The quantitative estimate of drug-likeness (QED) is 0.847. The molecular formula is C12H12BrN3O2S. The standard InChI is InChI=1S/C12H12BrN3O2S/c1-16-11(8-4-2-3-5-9(8)13)14-15-12(16)19-7-6-10(17)18/h2-5H,6-7H2,1H3,(H,17,18). The smallest absolute Gasteiger partial charge is 0.304 e. The molecule has 1 heterocycles. The average Bonchev–Trinajstić information content (AvgIpc) is 2.72. The Morgan fingerprint density at radius 1 is 1.42 bits per heavy atom. The van der Waals surface area contributed by atoms with Crippen LogP contribution in [0.4, 0.5) is 0 Å². The Balaban J connectivity index is 2.19. The molecule has 0 bridgehead atoms. The first-order valence-electron chi connectivity index (χ1n) is 5.58. The molecule has 1 aromatic carbocycles. The molecule has 2 rings (SSSR count). The van der Waals surface area contributed by atoms with E-state index in [1.807, 2.05) is 35.9 Å². The van der Waals surface area contributed by atoms with Crippen LogP contribution in [0.5, 0.6) is 0 Å². The molecule has 1 aromatic heterocycles. The predicted molar refractivity (Wildman–Crippen MR) is 77.1 cm³/mol. The number of aliphatic carboxylic acids is 1. The van der Waals surface area contributed by atoms with Crippen molar-refractivity contribution in [1.29, 1.82) is 0 Å². The van der Waals surface area contributed by atoms with Crippen molar-refractivity contribution in [3.05, 3.63) is 28.7 Å². The van der Waals surface area contributed by atoms with Crippen LogP contribution in [0.2, 0.25) is 0 Å². The third-order valence-electron chi connectivity index (χ3n) is 2.50. The van der Waals surface area contributed by atoms with Gasteiger partial charge in [-0.25, -0.2) is 0 Å². The second-order valence-corrected chi connectivity index (χ2v) is 5.75. The molecule has 0 atom stereocenters. The van der Waals surface area contributed by atoms with Gasteiger partial charge >= 0.3 is 5.97 Å². The van der Waals surface area contributed by atoms with Crippen LogP contribution >= 0.6 is 27.7 Å². The lowest BCUT2D eigenvalue weighted by Gasteiger charge is -2.04. The number of hydrogen-bond acceptors (Lipinski definition) is 4. The highest BCUT2D eigenvalue weighted by atomic mass is 79.9. The molecule has 0 aliphatic carbocycles. The minimum Gasteiger partial charge on any atom is -0.481 e. The highest BCUT2D eigenvalue weighted by Crippen LogP contribution is 2.28. The summed E-state index contributed by atoms with van der Waals surface area (Å²) in [7, 11) is 1.87. The lowest BCUT2D eigenvalue weighted by molar-refractivity contribution is -0.136. The van der Waals surface area contributed by atoms with E-state index in [1.54, 1.807) is 0 Å². The van der Waals surface area contributed by atoms with Gasteiger partial charge in [0.1, 0.15) is 0 Å². The van der Waals surface area contributed by atoms with E-state index in [-0.39, 0.29) is 6.42 Å². The number of rotatable bonds is 5. The second-order valence-electron chi connectivity index (χ2n) is 3.84. The third-order valence-corrected chi connectivity index (χ3v) is 4.21. The number of carboxylic acids is 1. The summed E-state index contributed by atoms with van der Waals surface area (Å²) in [6, 6.07) is 7.78. The molecule has 0 amide bonds. The monoisotopic (exact) mass is 341 g/mol. The second kappa shape index (κ2) is 6.21. The van der Waals surface area contributed by atoms with E-state index in [4.69, 9.17) is 5.11 Å². The number of carboxylic acid groups (broad SMARTS) is 1. The lowest BCUT2D eigenvalue weighted by Crippen LogP contribution is -1.99. The Hall–Kier alpha value is -1.34. The van der Waals surface area contributed by atoms with E-state index in [0.29, 0.717) is 10.9 Å². The number of carbonyl (C=O) groups is 1. The van der Waals surface area contributed by atoms with Crippen LogP contribution in [0.15, 0.2) is 33.9 Å². The van der Waals surface area contributed by atoms with Crippen molar-refractivity contribution in [2.24, 2.45) is 7.05 Å². The highest BCUT2D eigenvalue weighted by molar-refractivity contribution is 9.10. The molecule has 0 saturated heterocycles. The Kier molecular flexibility index (Phi) is 4.60. The first kappa shape index (κ1) is 14.1. The number of nitrogens with zero attached hydrogens (tertiary/aromatic N) is 3. The van der Waals surface area contributed by atoms with Gasteiger partial charge in [-0.2, -0.15) is 0 Å². The minimum atomic E-state index is -0.805. The normalized spacial score (nSPS) is 10.6. The lowest BCUT2D eigenvalue weighted by atomic mass is 10.2. The van der Waals surface area contributed by atoms with Gasteiger partial charge < -0.3 is 9.67 Å². The molecule has 0 aliphatic heterocycles. The van der Waals surface area contributed by atoms with Gasteiger partial charge in [-0.1, -0.05) is 45.9 Å². The summed E-state index contributed by atoms with van der Waals surface area (Å²) in [5, 5.41) is 17.6. The topological polar surface area (TPSA) is 68.0 Å². The minimum absolute atomic E-state index is 0.113.